The predicted molar refractivity (Wildman–Crippen MR) is 130 cm³/mol. The van der Waals surface area contributed by atoms with Gasteiger partial charge in [-0.15, -0.1) is 11.3 Å². The second-order valence-corrected chi connectivity index (χ2v) is 11.4. The van der Waals surface area contributed by atoms with Crippen LogP contribution in [0.2, 0.25) is 5.02 Å². The lowest BCUT2D eigenvalue weighted by Crippen LogP contribution is -2.44. The van der Waals surface area contributed by atoms with E-state index in [0.717, 1.165) is 6.20 Å². The predicted octanol–water partition coefficient (Wildman–Crippen LogP) is 4.17. The Bertz CT molecular complexity index is 1370. The summed E-state index contributed by atoms with van der Waals surface area (Å²) in [6.45, 7) is 2.62. The molecule has 2 atom stereocenters. The SMILES string of the molecule is Cc1nc(Oc2cnc(NS(=O)(=O)CC(F)(F)F)c(Cl)c2)c(-c2ccnc(N[C@@H]3CNC[C@@H](F)C3)n2)s1. The van der Waals surface area contributed by atoms with Crippen LogP contribution in [-0.2, 0) is 10.0 Å². The van der Waals surface area contributed by atoms with Crippen LogP contribution in [0.3, 0.4) is 0 Å². The molecule has 0 radical (unpaired) electrons. The number of rotatable bonds is 8. The molecule has 1 fully saturated rings. The summed E-state index contributed by atoms with van der Waals surface area (Å²) in [5.41, 5.74) is 0.481. The number of hydrogen-bond acceptors (Lipinski definition) is 10. The minimum absolute atomic E-state index is 0.0602. The second-order valence-electron chi connectivity index (χ2n) is 8.04. The van der Waals surface area contributed by atoms with Gasteiger partial charge in [0, 0.05) is 37.8 Å². The van der Waals surface area contributed by atoms with Gasteiger partial charge >= 0.3 is 6.18 Å². The monoisotopic (exact) mass is 581 g/mol. The molecule has 0 aliphatic carbocycles. The fourth-order valence-electron chi connectivity index (χ4n) is 3.44. The molecular weight excluding hydrogens is 562 g/mol. The molecule has 0 aromatic carbocycles. The van der Waals surface area contributed by atoms with E-state index >= 15 is 0 Å². The van der Waals surface area contributed by atoms with Gasteiger partial charge in [0.1, 0.15) is 16.8 Å². The van der Waals surface area contributed by atoms with Gasteiger partial charge in [-0.2, -0.15) is 13.2 Å². The molecule has 17 heteroatoms. The first-order valence-electron chi connectivity index (χ1n) is 10.7. The van der Waals surface area contributed by atoms with Gasteiger partial charge < -0.3 is 15.4 Å². The Balaban J connectivity index is 1.51. The van der Waals surface area contributed by atoms with Gasteiger partial charge in [0.25, 0.3) is 0 Å². The van der Waals surface area contributed by atoms with Crippen molar-refractivity contribution in [2.45, 2.75) is 31.7 Å². The lowest BCUT2D eigenvalue weighted by molar-refractivity contribution is -0.106. The van der Waals surface area contributed by atoms with Crippen molar-refractivity contribution < 1.29 is 30.7 Å². The van der Waals surface area contributed by atoms with Gasteiger partial charge in [-0.3, -0.25) is 4.72 Å². The van der Waals surface area contributed by atoms with Crippen molar-refractivity contribution in [1.29, 1.82) is 0 Å². The number of piperidine rings is 1. The number of aromatic nitrogens is 4. The van der Waals surface area contributed by atoms with E-state index in [0.29, 0.717) is 41.0 Å². The van der Waals surface area contributed by atoms with Crippen LogP contribution in [0.5, 0.6) is 11.6 Å². The molecule has 0 bridgehead atoms. The summed E-state index contributed by atoms with van der Waals surface area (Å²) in [6.07, 6.45) is -2.95. The van der Waals surface area contributed by atoms with E-state index in [9.17, 15) is 26.0 Å². The Morgan fingerprint density at radius 1 is 1.27 bits per heavy atom. The molecule has 10 nitrogen and oxygen atoms in total. The lowest BCUT2D eigenvalue weighted by atomic mass is 10.1. The van der Waals surface area contributed by atoms with E-state index in [1.807, 2.05) is 0 Å². The second kappa shape index (κ2) is 10.9. The minimum atomic E-state index is -4.93. The molecular formula is C20H20ClF4N7O3S2. The number of anilines is 2. The minimum Gasteiger partial charge on any atom is -0.436 e. The molecule has 0 amide bonds. The quantitative estimate of drug-likeness (QED) is 0.335. The summed E-state index contributed by atoms with van der Waals surface area (Å²) in [4.78, 5) is 17.3. The third-order valence-electron chi connectivity index (χ3n) is 4.86. The van der Waals surface area contributed by atoms with Crippen LogP contribution in [0, 0.1) is 6.92 Å². The average Bonchev–Trinajstić information content (AvgIpc) is 3.14. The highest BCUT2D eigenvalue weighted by Gasteiger charge is 2.35. The third-order valence-corrected chi connectivity index (χ3v) is 7.33. The Morgan fingerprint density at radius 2 is 2.05 bits per heavy atom. The number of nitrogens with one attached hydrogen (secondary N) is 3. The summed E-state index contributed by atoms with van der Waals surface area (Å²) < 4.78 is 82.0. The van der Waals surface area contributed by atoms with Crippen LogP contribution in [0.25, 0.3) is 10.6 Å². The molecule has 4 heterocycles. The van der Waals surface area contributed by atoms with Crippen LogP contribution >= 0.6 is 22.9 Å². The average molecular weight is 582 g/mol. The fourth-order valence-corrected chi connectivity index (χ4v) is 5.47. The van der Waals surface area contributed by atoms with Gasteiger partial charge in [-0.25, -0.2) is 32.7 Å². The molecule has 0 spiro atoms. The number of hydrogen-bond donors (Lipinski definition) is 3. The topological polar surface area (TPSA) is 131 Å². The van der Waals surface area contributed by atoms with Crippen molar-refractivity contribution in [2.75, 3.05) is 28.9 Å². The Morgan fingerprint density at radius 3 is 2.76 bits per heavy atom. The molecule has 200 valence electrons. The Hall–Kier alpha value is -2.82. The number of pyridine rings is 1. The van der Waals surface area contributed by atoms with Crippen molar-refractivity contribution >= 4 is 44.7 Å². The number of halogens is 5. The van der Waals surface area contributed by atoms with Crippen LogP contribution in [-0.4, -0.2) is 65.6 Å². The summed E-state index contributed by atoms with van der Waals surface area (Å²) >= 11 is 7.31. The zero-order chi connectivity index (χ0) is 26.8. The molecule has 3 aromatic rings. The molecule has 0 unspecified atom stereocenters. The highest BCUT2D eigenvalue weighted by Crippen LogP contribution is 2.38. The highest BCUT2D eigenvalue weighted by molar-refractivity contribution is 7.92. The molecule has 37 heavy (non-hydrogen) atoms. The van der Waals surface area contributed by atoms with Crippen molar-refractivity contribution in [3.8, 4) is 22.2 Å². The van der Waals surface area contributed by atoms with Crippen LogP contribution in [0.4, 0.5) is 29.3 Å². The van der Waals surface area contributed by atoms with Crippen LogP contribution in [0.1, 0.15) is 11.4 Å². The lowest BCUT2D eigenvalue weighted by Gasteiger charge is -2.26. The summed E-state index contributed by atoms with van der Waals surface area (Å²) in [5, 5.41) is 6.47. The number of sulfonamides is 1. The summed E-state index contributed by atoms with van der Waals surface area (Å²) in [7, 11) is -4.76. The molecule has 3 N–H and O–H groups in total. The van der Waals surface area contributed by atoms with E-state index < -0.39 is 33.9 Å². The molecule has 3 aromatic heterocycles. The zero-order valence-corrected chi connectivity index (χ0v) is 21.4. The largest absolute Gasteiger partial charge is 0.436 e. The maximum Gasteiger partial charge on any atom is 0.404 e. The van der Waals surface area contributed by atoms with E-state index in [2.05, 4.69) is 30.6 Å². The number of alkyl halides is 4. The maximum atomic E-state index is 13.7. The standard InChI is InChI=1S/C20H20ClF4N7O3S2/c1-10-29-18(35-13-5-14(21)17(28-8-13)32-37(33,34)9-20(23,24)25)16(36-10)15-2-3-27-19(31-15)30-12-4-11(22)6-26-7-12/h2-3,5,8,11-12,26H,4,6-7,9H2,1H3,(H,28,32)(H,27,30,31)/t11-,12-/m0/s1. The van der Waals surface area contributed by atoms with E-state index in [4.69, 9.17) is 16.3 Å². The first-order chi connectivity index (χ1) is 17.4. The number of nitrogens with zero attached hydrogens (tertiary/aromatic N) is 4. The zero-order valence-electron chi connectivity index (χ0n) is 19.0. The van der Waals surface area contributed by atoms with Crippen molar-refractivity contribution in [3.63, 3.8) is 0 Å². The molecule has 1 aliphatic heterocycles. The molecule has 4 rings (SSSR count). The smallest absolute Gasteiger partial charge is 0.404 e. The summed E-state index contributed by atoms with van der Waals surface area (Å²) in [5.74, 6) is -2.05. The normalized spacial score (nSPS) is 18.4. The van der Waals surface area contributed by atoms with Gasteiger partial charge in [0.05, 0.1) is 21.9 Å². The van der Waals surface area contributed by atoms with Crippen molar-refractivity contribution in [1.82, 2.24) is 25.3 Å². The highest BCUT2D eigenvalue weighted by atomic mass is 35.5. The van der Waals surface area contributed by atoms with Gasteiger partial charge in [-0.1, -0.05) is 11.6 Å². The van der Waals surface area contributed by atoms with Crippen LogP contribution < -0.4 is 20.1 Å². The third kappa shape index (κ3) is 7.59. The first kappa shape index (κ1) is 27.2. The maximum absolute atomic E-state index is 13.7. The van der Waals surface area contributed by atoms with E-state index in [1.54, 1.807) is 17.7 Å². The number of thiazole rings is 1. The van der Waals surface area contributed by atoms with Crippen molar-refractivity contribution in [2.24, 2.45) is 0 Å². The molecule has 0 saturated carbocycles. The van der Waals surface area contributed by atoms with Crippen molar-refractivity contribution in [3.05, 3.63) is 34.6 Å². The number of aryl methyl sites for hydroxylation is 1. The fraction of sp³-hybridized carbons (Fsp3) is 0.400. The Kier molecular flexibility index (Phi) is 8.01. The first-order valence-corrected chi connectivity index (χ1v) is 13.5. The van der Waals surface area contributed by atoms with E-state index in [1.165, 1.54) is 23.6 Å². The summed E-state index contributed by atoms with van der Waals surface area (Å²) in [6, 6.07) is 2.65. The van der Waals surface area contributed by atoms with Gasteiger partial charge in [-0.05, 0) is 13.0 Å². The van der Waals surface area contributed by atoms with Gasteiger partial charge in [0.2, 0.25) is 21.9 Å². The number of ether oxygens (including phenoxy) is 1. The Labute approximate surface area is 217 Å². The van der Waals surface area contributed by atoms with E-state index in [-0.39, 0.29) is 22.7 Å². The molecule has 1 aliphatic rings. The van der Waals surface area contributed by atoms with Gasteiger partial charge in [0.15, 0.2) is 11.6 Å². The molecule has 1 saturated heterocycles. The van der Waals surface area contributed by atoms with Crippen LogP contribution in [0.15, 0.2) is 24.5 Å².